The second-order valence-electron chi connectivity index (χ2n) is 4.91. The maximum Gasteiger partial charge on any atom is 0.231 e. The quantitative estimate of drug-likeness (QED) is 0.921. The highest BCUT2D eigenvalue weighted by Gasteiger charge is 2.22. The van der Waals surface area contributed by atoms with Crippen LogP contribution in [0.25, 0.3) is 0 Å². The van der Waals surface area contributed by atoms with E-state index in [1.54, 1.807) is 11.0 Å². The number of fused-ring (bicyclic) bond motifs is 1. The molecule has 0 aliphatic carbocycles. The number of anilines is 2. The van der Waals surface area contributed by atoms with E-state index in [1.165, 1.54) is 12.1 Å². The molecule has 0 fully saturated rings. The molecule has 0 saturated carbocycles. The van der Waals surface area contributed by atoms with Crippen LogP contribution in [0.3, 0.4) is 0 Å². The van der Waals surface area contributed by atoms with Gasteiger partial charge in [0.15, 0.2) is 0 Å². The molecule has 1 aliphatic rings. The summed E-state index contributed by atoms with van der Waals surface area (Å²) in [6.45, 7) is 1.33. The number of carbonyl (C=O) groups excluding carboxylic acids is 1. The molecule has 3 nitrogen and oxygen atoms in total. The minimum absolute atomic E-state index is 0.0216. The van der Waals surface area contributed by atoms with Crippen molar-refractivity contribution < 1.29 is 9.18 Å². The van der Waals surface area contributed by atoms with Gasteiger partial charge in [-0.1, -0.05) is 29.8 Å². The van der Waals surface area contributed by atoms with Gasteiger partial charge in [-0.25, -0.2) is 4.39 Å². The van der Waals surface area contributed by atoms with Gasteiger partial charge in [-0.2, -0.15) is 0 Å². The molecule has 3 rings (SSSR count). The van der Waals surface area contributed by atoms with Gasteiger partial charge < -0.3 is 10.2 Å². The van der Waals surface area contributed by atoms with Crippen molar-refractivity contribution in [2.24, 2.45) is 0 Å². The molecule has 1 amide bonds. The van der Waals surface area contributed by atoms with Crippen molar-refractivity contribution in [3.05, 3.63) is 58.9 Å². The van der Waals surface area contributed by atoms with Gasteiger partial charge in [0.25, 0.3) is 0 Å². The largest absolute Gasteiger partial charge is 0.382 e. The van der Waals surface area contributed by atoms with E-state index in [-0.39, 0.29) is 17.4 Å². The molecule has 0 unspecified atom stereocenters. The molecular weight excluding hydrogens is 291 g/mol. The first kappa shape index (κ1) is 13.9. The van der Waals surface area contributed by atoms with E-state index >= 15 is 0 Å². The summed E-state index contributed by atoms with van der Waals surface area (Å²) in [6.07, 6.45) is 0.203. The summed E-state index contributed by atoms with van der Waals surface area (Å²) < 4.78 is 13.2. The van der Waals surface area contributed by atoms with Crippen molar-refractivity contribution >= 4 is 28.9 Å². The molecule has 21 heavy (non-hydrogen) atoms. The Bertz CT molecular complexity index is 690. The van der Waals surface area contributed by atoms with E-state index in [9.17, 15) is 9.18 Å². The molecule has 1 heterocycles. The third kappa shape index (κ3) is 2.85. The lowest BCUT2D eigenvalue weighted by Gasteiger charge is -2.30. The molecule has 108 valence electrons. The van der Waals surface area contributed by atoms with Gasteiger partial charge in [-0.15, -0.1) is 0 Å². The lowest BCUT2D eigenvalue weighted by Crippen LogP contribution is -2.39. The Labute approximate surface area is 127 Å². The lowest BCUT2D eigenvalue weighted by atomic mass is 10.1. The van der Waals surface area contributed by atoms with Crippen LogP contribution in [0.4, 0.5) is 15.8 Å². The van der Waals surface area contributed by atoms with Crippen LogP contribution in [0.1, 0.15) is 5.56 Å². The second-order valence-corrected chi connectivity index (χ2v) is 5.32. The number of nitrogens with zero attached hydrogens (tertiary/aromatic N) is 1. The molecule has 0 saturated heterocycles. The van der Waals surface area contributed by atoms with Gasteiger partial charge in [-0.05, 0) is 29.8 Å². The van der Waals surface area contributed by atoms with E-state index in [1.807, 2.05) is 24.3 Å². The number of amides is 1. The summed E-state index contributed by atoms with van der Waals surface area (Å²) in [6, 6.07) is 12.1. The van der Waals surface area contributed by atoms with Crippen LogP contribution in [0, 0.1) is 5.82 Å². The molecular formula is C16H14ClFN2O. The molecule has 0 radical (unpaired) electrons. The Hall–Kier alpha value is -2.07. The van der Waals surface area contributed by atoms with E-state index in [0.29, 0.717) is 18.7 Å². The number of para-hydroxylation sites is 2. The summed E-state index contributed by atoms with van der Waals surface area (Å²) in [7, 11) is 0. The Morgan fingerprint density at radius 3 is 2.90 bits per heavy atom. The smallest absolute Gasteiger partial charge is 0.231 e. The van der Waals surface area contributed by atoms with E-state index in [2.05, 4.69) is 5.32 Å². The molecule has 1 N–H and O–H groups in total. The SMILES string of the molecule is O=C(Cc1ccc(F)c(Cl)c1)N1CCNc2ccccc21. The predicted molar refractivity (Wildman–Crippen MR) is 82.4 cm³/mol. The number of hydrogen-bond acceptors (Lipinski definition) is 2. The van der Waals surface area contributed by atoms with Gasteiger partial charge in [-0.3, -0.25) is 4.79 Å². The first-order chi connectivity index (χ1) is 10.1. The molecule has 0 atom stereocenters. The van der Waals surface area contributed by atoms with Gasteiger partial charge in [0.05, 0.1) is 22.8 Å². The normalized spacial score (nSPS) is 13.5. The Morgan fingerprint density at radius 1 is 1.29 bits per heavy atom. The minimum atomic E-state index is -0.472. The van der Waals surface area contributed by atoms with Gasteiger partial charge in [0.2, 0.25) is 5.91 Å². The number of carbonyl (C=O) groups is 1. The molecule has 5 heteroatoms. The minimum Gasteiger partial charge on any atom is -0.382 e. The molecule has 2 aromatic rings. The average molecular weight is 305 g/mol. The Kier molecular flexibility index (Phi) is 3.80. The van der Waals surface area contributed by atoms with Crippen molar-refractivity contribution in [1.29, 1.82) is 0 Å². The van der Waals surface area contributed by atoms with Crippen LogP contribution < -0.4 is 10.2 Å². The number of halogens is 2. The zero-order valence-electron chi connectivity index (χ0n) is 11.3. The number of hydrogen-bond donors (Lipinski definition) is 1. The van der Waals surface area contributed by atoms with E-state index in [0.717, 1.165) is 11.4 Å². The lowest BCUT2D eigenvalue weighted by molar-refractivity contribution is -0.118. The summed E-state index contributed by atoms with van der Waals surface area (Å²) in [5.41, 5.74) is 2.54. The highest BCUT2D eigenvalue weighted by atomic mass is 35.5. The zero-order chi connectivity index (χ0) is 14.8. The molecule has 0 aromatic heterocycles. The van der Waals surface area contributed by atoms with Crippen molar-refractivity contribution in [3.63, 3.8) is 0 Å². The average Bonchev–Trinajstić information content (AvgIpc) is 2.50. The van der Waals surface area contributed by atoms with Crippen LogP contribution >= 0.6 is 11.6 Å². The van der Waals surface area contributed by atoms with Crippen molar-refractivity contribution in [2.75, 3.05) is 23.3 Å². The second kappa shape index (κ2) is 5.74. The number of benzene rings is 2. The monoisotopic (exact) mass is 304 g/mol. The highest BCUT2D eigenvalue weighted by Crippen LogP contribution is 2.29. The van der Waals surface area contributed by atoms with Gasteiger partial charge in [0.1, 0.15) is 5.82 Å². The number of rotatable bonds is 2. The first-order valence-corrected chi connectivity index (χ1v) is 7.10. The van der Waals surface area contributed by atoms with E-state index in [4.69, 9.17) is 11.6 Å². The third-order valence-electron chi connectivity index (χ3n) is 3.49. The molecule has 2 aromatic carbocycles. The maximum absolute atomic E-state index is 13.2. The number of nitrogens with one attached hydrogen (secondary N) is 1. The van der Waals surface area contributed by atoms with Crippen LogP contribution in [0.15, 0.2) is 42.5 Å². The van der Waals surface area contributed by atoms with Crippen LogP contribution in [-0.4, -0.2) is 19.0 Å². The Balaban J connectivity index is 1.81. The topological polar surface area (TPSA) is 32.3 Å². The van der Waals surface area contributed by atoms with E-state index < -0.39 is 5.82 Å². The van der Waals surface area contributed by atoms with Gasteiger partial charge >= 0.3 is 0 Å². The zero-order valence-corrected chi connectivity index (χ0v) is 12.0. The van der Waals surface area contributed by atoms with Crippen LogP contribution in [0.5, 0.6) is 0 Å². The summed E-state index contributed by atoms with van der Waals surface area (Å²) in [4.78, 5) is 14.2. The fraction of sp³-hybridized carbons (Fsp3) is 0.188. The predicted octanol–water partition coefficient (Wildman–Crippen LogP) is 3.48. The van der Waals surface area contributed by atoms with Crippen LogP contribution in [-0.2, 0) is 11.2 Å². The molecule has 0 spiro atoms. The third-order valence-corrected chi connectivity index (χ3v) is 3.78. The van der Waals surface area contributed by atoms with Crippen molar-refractivity contribution in [2.45, 2.75) is 6.42 Å². The summed E-state index contributed by atoms with van der Waals surface area (Å²) >= 11 is 5.75. The highest BCUT2D eigenvalue weighted by molar-refractivity contribution is 6.30. The molecule has 1 aliphatic heterocycles. The summed E-state index contributed by atoms with van der Waals surface area (Å²) in [5, 5.41) is 3.31. The van der Waals surface area contributed by atoms with Crippen LogP contribution in [0.2, 0.25) is 5.02 Å². The van der Waals surface area contributed by atoms with Gasteiger partial charge in [0, 0.05) is 13.1 Å². The fourth-order valence-electron chi connectivity index (χ4n) is 2.46. The Morgan fingerprint density at radius 2 is 2.10 bits per heavy atom. The maximum atomic E-state index is 13.2. The molecule has 0 bridgehead atoms. The summed E-state index contributed by atoms with van der Waals surface area (Å²) in [5.74, 6) is -0.494. The van der Waals surface area contributed by atoms with Crippen molar-refractivity contribution in [3.8, 4) is 0 Å². The van der Waals surface area contributed by atoms with Crippen molar-refractivity contribution in [1.82, 2.24) is 0 Å². The standard InChI is InChI=1S/C16H14ClFN2O/c17-12-9-11(5-6-13(12)18)10-16(21)20-8-7-19-14-3-1-2-4-15(14)20/h1-6,9,19H,7-8,10H2. The first-order valence-electron chi connectivity index (χ1n) is 6.72. The fourth-order valence-corrected chi connectivity index (χ4v) is 2.66.